The summed E-state index contributed by atoms with van der Waals surface area (Å²) in [5.74, 6) is -0.281. The first kappa shape index (κ1) is 20.9. The van der Waals surface area contributed by atoms with Gasteiger partial charge in [0.1, 0.15) is 11.9 Å². The van der Waals surface area contributed by atoms with Crippen molar-refractivity contribution in [3.05, 3.63) is 29.8 Å². The van der Waals surface area contributed by atoms with Gasteiger partial charge in [-0.05, 0) is 18.6 Å². The van der Waals surface area contributed by atoms with E-state index in [1.807, 2.05) is 0 Å². The molecule has 27 heavy (non-hydrogen) atoms. The summed E-state index contributed by atoms with van der Waals surface area (Å²) in [5, 5.41) is 2.69. The summed E-state index contributed by atoms with van der Waals surface area (Å²) < 4.78 is 44.7. The highest BCUT2D eigenvalue weighted by atomic mass is 19.4. The van der Waals surface area contributed by atoms with Gasteiger partial charge in [-0.15, -0.1) is 0 Å². The van der Waals surface area contributed by atoms with E-state index >= 15 is 0 Å². The Kier molecular flexibility index (Phi) is 6.92. The predicted molar refractivity (Wildman–Crippen MR) is 93.4 cm³/mol. The van der Waals surface area contributed by atoms with Crippen LogP contribution in [0.25, 0.3) is 0 Å². The third kappa shape index (κ3) is 5.77. The number of urea groups is 1. The first-order chi connectivity index (χ1) is 12.7. The van der Waals surface area contributed by atoms with Crippen LogP contribution in [0.4, 0.5) is 18.0 Å². The minimum absolute atomic E-state index is 0.0242. The summed E-state index contributed by atoms with van der Waals surface area (Å²) >= 11 is 0. The number of halogens is 3. The summed E-state index contributed by atoms with van der Waals surface area (Å²) in [4.78, 5) is 27.1. The highest BCUT2D eigenvalue weighted by Gasteiger charge is 2.34. The number of nitrogens with one attached hydrogen (secondary N) is 1. The maximum absolute atomic E-state index is 13.1. The summed E-state index contributed by atoms with van der Waals surface area (Å²) in [6.07, 6.45) is -4.44. The van der Waals surface area contributed by atoms with E-state index in [-0.39, 0.29) is 30.7 Å². The lowest BCUT2D eigenvalue weighted by molar-refractivity contribution is -0.139. The average molecular weight is 387 g/mol. The second-order valence-corrected chi connectivity index (χ2v) is 6.38. The molecule has 1 aliphatic heterocycles. The molecule has 3 amide bonds. The molecule has 9 heteroatoms. The second kappa shape index (κ2) is 8.96. The second-order valence-electron chi connectivity index (χ2n) is 6.38. The van der Waals surface area contributed by atoms with E-state index in [0.29, 0.717) is 26.1 Å². The zero-order valence-electron chi connectivity index (χ0n) is 15.4. The number of alkyl halides is 3. The number of amides is 3. The van der Waals surface area contributed by atoms with Crippen molar-refractivity contribution < 1.29 is 27.5 Å². The van der Waals surface area contributed by atoms with Gasteiger partial charge in [0.25, 0.3) is 0 Å². The van der Waals surface area contributed by atoms with Crippen LogP contribution in [0.15, 0.2) is 24.3 Å². The fourth-order valence-electron chi connectivity index (χ4n) is 2.70. The van der Waals surface area contributed by atoms with E-state index in [0.717, 1.165) is 6.07 Å². The quantitative estimate of drug-likeness (QED) is 0.845. The summed E-state index contributed by atoms with van der Waals surface area (Å²) in [5.41, 5.74) is -0.844. The number of nitrogens with zero attached hydrogens (tertiary/aromatic N) is 2. The van der Waals surface area contributed by atoms with Crippen LogP contribution in [0.3, 0.4) is 0 Å². The molecule has 1 aromatic carbocycles. The Balaban J connectivity index is 1.94. The van der Waals surface area contributed by atoms with Crippen LogP contribution in [0.2, 0.25) is 0 Å². The van der Waals surface area contributed by atoms with Gasteiger partial charge in [0.2, 0.25) is 5.91 Å². The van der Waals surface area contributed by atoms with E-state index in [4.69, 9.17) is 4.74 Å². The minimum atomic E-state index is -4.51. The standard InChI is InChI=1S/C18H24F3N3O3/c1-3-13(27-15-7-5-4-6-14(15)18(19,20)21)12-22-17(26)24-9-8-16(25)23(2)10-11-24/h4-7,13H,3,8-12H2,1-2H3,(H,22,26). The molecule has 1 unspecified atom stereocenters. The molecule has 1 saturated heterocycles. The first-order valence-electron chi connectivity index (χ1n) is 8.82. The number of ether oxygens (including phenoxy) is 1. The van der Waals surface area contributed by atoms with Crippen LogP contribution in [-0.4, -0.2) is 61.1 Å². The molecular formula is C18H24F3N3O3. The topological polar surface area (TPSA) is 61.9 Å². The molecule has 1 atom stereocenters. The lowest BCUT2D eigenvalue weighted by atomic mass is 10.2. The Morgan fingerprint density at radius 2 is 1.96 bits per heavy atom. The molecule has 0 spiro atoms. The van der Waals surface area contributed by atoms with Gasteiger partial charge < -0.3 is 19.9 Å². The predicted octanol–water partition coefficient (Wildman–Crippen LogP) is 2.74. The molecule has 1 heterocycles. The summed E-state index contributed by atoms with van der Waals surface area (Å²) in [6, 6.07) is 4.65. The van der Waals surface area contributed by atoms with Crippen LogP contribution >= 0.6 is 0 Å². The molecule has 1 fully saturated rings. The number of carbonyl (C=O) groups is 2. The van der Waals surface area contributed by atoms with Crippen molar-refractivity contribution in [2.24, 2.45) is 0 Å². The van der Waals surface area contributed by atoms with Gasteiger partial charge in [-0.1, -0.05) is 19.1 Å². The van der Waals surface area contributed by atoms with Crippen LogP contribution in [0.5, 0.6) is 5.75 Å². The van der Waals surface area contributed by atoms with E-state index in [1.54, 1.807) is 18.9 Å². The van der Waals surface area contributed by atoms with Crippen molar-refractivity contribution in [3.63, 3.8) is 0 Å². The molecule has 2 rings (SSSR count). The average Bonchev–Trinajstić information content (AvgIpc) is 2.79. The molecule has 150 valence electrons. The van der Waals surface area contributed by atoms with Crippen LogP contribution in [-0.2, 0) is 11.0 Å². The fraction of sp³-hybridized carbons (Fsp3) is 0.556. The largest absolute Gasteiger partial charge is 0.488 e. The smallest absolute Gasteiger partial charge is 0.419 e. The minimum Gasteiger partial charge on any atom is -0.488 e. The maximum Gasteiger partial charge on any atom is 0.419 e. The number of benzene rings is 1. The van der Waals surface area contributed by atoms with E-state index in [2.05, 4.69) is 5.32 Å². The molecule has 0 aromatic heterocycles. The van der Waals surface area contributed by atoms with E-state index in [1.165, 1.54) is 23.1 Å². The third-order valence-electron chi connectivity index (χ3n) is 4.44. The summed E-state index contributed by atoms with van der Waals surface area (Å²) in [6.45, 7) is 3.00. The lowest BCUT2D eigenvalue weighted by Crippen LogP contribution is -2.45. The molecule has 1 aromatic rings. The Hall–Kier alpha value is -2.45. The molecule has 1 aliphatic rings. The van der Waals surface area contributed by atoms with Gasteiger partial charge in [0.05, 0.1) is 12.1 Å². The lowest BCUT2D eigenvalue weighted by Gasteiger charge is -2.24. The van der Waals surface area contributed by atoms with Crippen LogP contribution in [0.1, 0.15) is 25.3 Å². The van der Waals surface area contributed by atoms with Crippen LogP contribution in [0, 0.1) is 0 Å². The molecule has 0 bridgehead atoms. The zero-order valence-corrected chi connectivity index (χ0v) is 15.4. The molecule has 0 aliphatic carbocycles. The highest BCUT2D eigenvalue weighted by molar-refractivity contribution is 5.79. The van der Waals surface area contributed by atoms with Crippen molar-refractivity contribution in [1.82, 2.24) is 15.1 Å². The zero-order chi connectivity index (χ0) is 20.0. The Morgan fingerprint density at radius 3 is 2.63 bits per heavy atom. The van der Waals surface area contributed by atoms with Gasteiger partial charge in [-0.3, -0.25) is 4.79 Å². The molecule has 1 N–H and O–H groups in total. The number of hydrogen-bond donors (Lipinski definition) is 1. The first-order valence-corrected chi connectivity index (χ1v) is 8.82. The number of hydrogen-bond acceptors (Lipinski definition) is 3. The normalized spacial score (nSPS) is 16.7. The van der Waals surface area contributed by atoms with Crippen LogP contribution < -0.4 is 10.1 Å². The summed E-state index contributed by atoms with van der Waals surface area (Å²) in [7, 11) is 1.68. The van der Waals surface area contributed by atoms with Crippen molar-refractivity contribution in [1.29, 1.82) is 0 Å². The third-order valence-corrected chi connectivity index (χ3v) is 4.44. The van der Waals surface area contributed by atoms with Crippen molar-refractivity contribution in [2.45, 2.75) is 32.0 Å². The van der Waals surface area contributed by atoms with Crippen molar-refractivity contribution in [2.75, 3.05) is 33.2 Å². The number of carbonyl (C=O) groups excluding carboxylic acids is 2. The van der Waals surface area contributed by atoms with Gasteiger partial charge in [-0.2, -0.15) is 13.2 Å². The van der Waals surface area contributed by atoms with Gasteiger partial charge in [0.15, 0.2) is 0 Å². The molecule has 0 saturated carbocycles. The van der Waals surface area contributed by atoms with E-state index < -0.39 is 17.8 Å². The van der Waals surface area contributed by atoms with Gasteiger partial charge in [0, 0.05) is 33.1 Å². The highest BCUT2D eigenvalue weighted by Crippen LogP contribution is 2.36. The molecule has 0 radical (unpaired) electrons. The SMILES string of the molecule is CCC(CNC(=O)N1CCC(=O)N(C)CC1)Oc1ccccc1C(F)(F)F. The molecule has 6 nitrogen and oxygen atoms in total. The number of likely N-dealkylation sites (N-methyl/N-ethyl adjacent to an activating group) is 1. The number of para-hydroxylation sites is 1. The van der Waals surface area contributed by atoms with Gasteiger partial charge in [-0.25, -0.2) is 4.79 Å². The van der Waals surface area contributed by atoms with E-state index in [9.17, 15) is 22.8 Å². The van der Waals surface area contributed by atoms with Crippen molar-refractivity contribution >= 4 is 11.9 Å². The monoisotopic (exact) mass is 387 g/mol. The molecular weight excluding hydrogens is 363 g/mol. The number of rotatable bonds is 5. The Bertz CT molecular complexity index is 667. The van der Waals surface area contributed by atoms with Crippen molar-refractivity contribution in [3.8, 4) is 5.75 Å². The maximum atomic E-state index is 13.1. The Labute approximate surface area is 156 Å². The fourth-order valence-corrected chi connectivity index (χ4v) is 2.70. The Morgan fingerprint density at radius 1 is 1.26 bits per heavy atom. The van der Waals surface area contributed by atoms with Gasteiger partial charge >= 0.3 is 12.2 Å².